The van der Waals surface area contributed by atoms with Gasteiger partial charge in [-0.05, 0) is 23.8 Å². The third-order valence-corrected chi connectivity index (χ3v) is 4.32. The standard InChI is InChI=1S/C18H14N4O4/c1-26-13-7-5-12(6-8-13)10-20-14-3-2-4-15(22(24)25)17(14)21-11-19-9-16(21)18(20)23/h2-9,11H,10H2,1H3. The number of nitro benzene ring substituents is 1. The van der Waals surface area contributed by atoms with E-state index in [0.717, 1.165) is 5.56 Å². The molecule has 0 atom stereocenters. The molecule has 0 saturated heterocycles. The number of nitro groups is 1. The second-order valence-electron chi connectivity index (χ2n) is 5.79. The molecular formula is C18H14N4O4. The number of imidazole rings is 1. The van der Waals surface area contributed by atoms with Crippen LogP contribution in [0.4, 0.5) is 5.69 Å². The summed E-state index contributed by atoms with van der Waals surface area (Å²) < 4.78 is 8.15. The summed E-state index contributed by atoms with van der Waals surface area (Å²) in [5, 5.41) is 11.5. The summed E-state index contributed by atoms with van der Waals surface area (Å²) in [6, 6.07) is 12.0. The predicted octanol–water partition coefficient (Wildman–Crippen LogP) is 2.61. The molecule has 4 aromatic rings. The van der Waals surface area contributed by atoms with E-state index < -0.39 is 4.92 Å². The van der Waals surface area contributed by atoms with E-state index in [2.05, 4.69) is 4.98 Å². The zero-order chi connectivity index (χ0) is 18.3. The first-order valence-electron chi connectivity index (χ1n) is 7.85. The van der Waals surface area contributed by atoms with Gasteiger partial charge in [-0.3, -0.25) is 19.3 Å². The van der Waals surface area contributed by atoms with Gasteiger partial charge < -0.3 is 9.30 Å². The van der Waals surface area contributed by atoms with Crippen molar-refractivity contribution in [2.45, 2.75) is 6.54 Å². The van der Waals surface area contributed by atoms with Gasteiger partial charge in [0.05, 0.1) is 30.3 Å². The number of fused-ring (bicyclic) bond motifs is 3. The van der Waals surface area contributed by atoms with E-state index in [1.807, 2.05) is 24.3 Å². The zero-order valence-electron chi connectivity index (χ0n) is 13.8. The number of benzene rings is 2. The molecule has 0 aliphatic carbocycles. The lowest BCUT2D eigenvalue weighted by molar-refractivity contribution is -0.383. The molecule has 26 heavy (non-hydrogen) atoms. The number of para-hydroxylation sites is 1. The maximum absolute atomic E-state index is 12.9. The molecule has 8 nitrogen and oxygen atoms in total. The van der Waals surface area contributed by atoms with Crippen molar-refractivity contribution in [3.05, 3.63) is 81.0 Å². The number of hydrogen-bond acceptors (Lipinski definition) is 5. The fraction of sp³-hybridized carbons (Fsp3) is 0.111. The summed E-state index contributed by atoms with van der Waals surface area (Å²) >= 11 is 0. The van der Waals surface area contributed by atoms with Gasteiger partial charge in [-0.1, -0.05) is 18.2 Å². The Morgan fingerprint density at radius 2 is 1.92 bits per heavy atom. The molecule has 0 spiro atoms. The predicted molar refractivity (Wildman–Crippen MR) is 95.7 cm³/mol. The SMILES string of the molecule is COc1ccc(Cn2c(=O)c3cncn3c3c([N+](=O)[O-])cccc32)cc1. The van der Waals surface area contributed by atoms with Crippen molar-refractivity contribution >= 4 is 22.2 Å². The van der Waals surface area contributed by atoms with Crippen LogP contribution in [0.25, 0.3) is 16.6 Å². The molecule has 2 aromatic heterocycles. The second kappa shape index (κ2) is 5.99. The molecule has 0 aliphatic rings. The van der Waals surface area contributed by atoms with Crippen molar-refractivity contribution in [2.24, 2.45) is 0 Å². The summed E-state index contributed by atoms with van der Waals surface area (Å²) in [5.74, 6) is 0.716. The minimum absolute atomic E-state index is 0.0750. The third kappa shape index (κ3) is 2.39. The van der Waals surface area contributed by atoms with Crippen molar-refractivity contribution in [3.8, 4) is 5.75 Å². The molecule has 2 aromatic carbocycles. The molecule has 0 radical (unpaired) electrons. The fourth-order valence-electron chi connectivity index (χ4n) is 3.08. The highest BCUT2D eigenvalue weighted by Crippen LogP contribution is 2.25. The van der Waals surface area contributed by atoms with Gasteiger partial charge in [-0.2, -0.15) is 0 Å². The molecule has 0 bridgehead atoms. The van der Waals surface area contributed by atoms with Gasteiger partial charge in [0.2, 0.25) is 0 Å². The number of ether oxygens (including phenoxy) is 1. The minimum atomic E-state index is -0.454. The Kier molecular flexibility index (Phi) is 3.65. The van der Waals surface area contributed by atoms with E-state index in [-0.39, 0.29) is 17.8 Å². The maximum Gasteiger partial charge on any atom is 0.295 e. The van der Waals surface area contributed by atoms with E-state index in [0.29, 0.717) is 22.3 Å². The lowest BCUT2D eigenvalue weighted by Crippen LogP contribution is -2.23. The summed E-state index contributed by atoms with van der Waals surface area (Å²) in [5.41, 5.74) is 1.66. The van der Waals surface area contributed by atoms with Gasteiger partial charge in [0.25, 0.3) is 11.2 Å². The van der Waals surface area contributed by atoms with Crippen molar-refractivity contribution < 1.29 is 9.66 Å². The highest BCUT2D eigenvalue weighted by atomic mass is 16.6. The number of non-ortho nitro benzene ring substituents is 1. The highest BCUT2D eigenvalue weighted by Gasteiger charge is 2.19. The van der Waals surface area contributed by atoms with Crippen LogP contribution in [0, 0.1) is 10.1 Å². The van der Waals surface area contributed by atoms with E-state index in [1.54, 1.807) is 19.2 Å². The van der Waals surface area contributed by atoms with E-state index in [4.69, 9.17) is 4.74 Å². The van der Waals surface area contributed by atoms with Gasteiger partial charge in [-0.15, -0.1) is 0 Å². The van der Waals surface area contributed by atoms with Gasteiger partial charge in [0.1, 0.15) is 23.1 Å². The monoisotopic (exact) mass is 350 g/mol. The van der Waals surface area contributed by atoms with Gasteiger partial charge in [0, 0.05) is 6.07 Å². The van der Waals surface area contributed by atoms with E-state index >= 15 is 0 Å². The van der Waals surface area contributed by atoms with Crippen LogP contribution in [0.5, 0.6) is 5.75 Å². The Balaban J connectivity index is 2.00. The lowest BCUT2D eigenvalue weighted by Gasteiger charge is -2.12. The van der Waals surface area contributed by atoms with Crippen LogP contribution in [0.2, 0.25) is 0 Å². The number of aromatic nitrogens is 3. The van der Waals surface area contributed by atoms with Crippen molar-refractivity contribution in [1.82, 2.24) is 14.0 Å². The average molecular weight is 350 g/mol. The molecular weight excluding hydrogens is 336 g/mol. The molecule has 0 N–H and O–H groups in total. The van der Waals surface area contributed by atoms with Crippen LogP contribution in [0.15, 0.2) is 59.8 Å². The first kappa shape index (κ1) is 15.8. The summed E-state index contributed by atoms with van der Waals surface area (Å²) in [6.07, 6.45) is 2.84. The molecule has 4 rings (SSSR count). The summed E-state index contributed by atoms with van der Waals surface area (Å²) in [7, 11) is 1.58. The molecule has 0 aliphatic heterocycles. The molecule has 0 saturated carbocycles. The highest BCUT2D eigenvalue weighted by molar-refractivity contribution is 5.87. The van der Waals surface area contributed by atoms with E-state index in [9.17, 15) is 14.9 Å². The van der Waals surface area contributed by atoms with E-state index in [1.165, 1.54) is 27.6 Å². The number of methoxy groups -OCH3 is 1. The fourth-order valence-corrected chi connectivity index (χ4v) is 3.08. The Labute approximate surface area is 147 Å². The van der Waals surface area contributed by atoms with Crippen LogP contribution in [0.3, 0.4) is 0 Å². The smallest absolute Gasteiger partial charge is 0.295 e. The topological polar surface area (TPSA) is 91.7 Å². The van der Waals surface area contributed by atoms with Crippen LogP contribution in [0.1, 0.15) is 5.56 Å². The Bertz CT molecular complexity index is 1190. The quantitative estimate of drug-likeness (QED) is 0.417. The Hall–Kier alpha value is -3.68. The molecule has 8 heteroatoms. The van der Waals surface area contributed by atoms with Gasteiger partial charge in [0.15, 0.2) is 0 Å². The largest absolute Gasteiger partial charge is 0.497 e. The first-order valence-corrected chi connectivity index (χ1v) is 7.85. The maximum atomic E-state index is 12.9. The van der Waals surface area contributed by atoms with Crippen LogP contribution in [-0.4, -0.2) is 26.0 Å². The van der Waals surface area contributed by atoms with Crippen molar-refractivity contribution in [1.29, 1.82) is 0 Å². The number of rotatable bonds is 4. The molecule has 0 amide bonds. The zero-order valence-corrected chi connectivity index (χ0v) is 13.8. The Morgan fingerprint density at radius 1 is 1.15 bits per heavy atom. The number of hydrogen-bond donors (Lipinski definition) is 0. The lowest BCUT2D eigenvalue weighted by atomic mass is 10.2. The number of nitrogens with zero attached hydrogens (tertiary/aromatic N) is 4. The third-order valence-electron chi connectivity index (χ3n) is 4.32. The summed E-state index contributed by atoms with van der Waals surface area (Å²) in [4.78, 5) is 27.9. The van der Waals surface area contributed by atoms with Crippen LogP contribution in [-0.2, 0) is 6.54 Å². The average Bonchev–Trinajstić information content (AvgIpc) is 3.15. The van der Waals surface area contributed by atoms with Gasteiger partial charge in [-0.25, -0.2) is 4.98 Å². The van der Waals surface area contributed by atoms with Crippen LogP contribution >= 0.6 is 0 Å². The molecule has 2 heterocycles. The molecule has 130 valence electrons. The van der Waals surface area contributed by atoms with Crippen molar-refractivity contribution in [3.63, 3.8) is 0 Å². The molecule has 0 unspecified atom stereocenters. The van der Waals surface area contributed by atoms with Crippen LogP contribution < -0.4 is 10.3 Å². The minimum Gasteiger partial charge on any atom is -0.497 e. The summed E-state index contributed by atoms with van der Waals surface area (Å²) in [6.45, 7) is 0.280. The van der Waals surface area contributed by atoms with Gasteiger partial charge >= 0.3 is 0 Å². The normalized spacial score (nSPS) is 11.1. The molecule has 0 fully saturated rings. The Morgan fingerprint density at radius 3 is 2.62 bits per heavy atom. The second-order valence-corrected chi connectivity index (χ2v) is 5.79. The van der Waals surface area contributed by atoms with Crippen molar-refractivity contribution in [2.75, 3.05) is 7.11 Å². The first-order chi connectivity index (χ1) is 12.6.